The van der Waals surface area contributed by atoms with Gasteiger partial charge < -0.3 is 14.8 Å². The minimum Gasteiger partial charge on any atom is -0.508 e. The van der Waals surface area contributed by atoms with Gasteiger partial charge in [0.15, 0.2) is 0 Å². The van der Waals surface area contributed by atoms with Gasteiger partial charge in [-0.05, 0) is 60.5 Å². The van der Waals surface area contributed by atoms with Crippen molar-refractivity contribution in [3.63, 3.8) is 0 Å². The number of amides is 2. The van der Waals surface area contributed by atoms with Crippen LogP contribution in [0.25, 0.3) is 0 Å². The molecule has 2 heterocycles. The predicted octanol–water partition coefficient (Wildman–Crippen LogP) is 4.06. The summed E-state index contributed by atoms with van der Waals surface area (Å²) in [5, 5.41) is 21.0. The molecule has 0 saturated carbocycles. The van der Waals surface area contributed by atoms with Gasteiger partial charge in [-0.15, -0.1) is 0 Å². The van der Waals surface area contributed by atoms with Gasteiger partial charge in [0.25, 0.3) is 0 Å². The fraction of sp³-hybridized carbons (Fsp3) is 0.333. The van der Waals surface area contributed by atoms with Crippen molar-refractivity contribution in [3.8, 4) is 5.75 Å². The van der Waals surface area contributed by atoms with Crippen molar-refractivity contribution in [1.82, 2.24) is 0 Å². The minimum atomic E-state index is -1.17. The van der Waals surface area contributed by atoms with Gasteiger partial charge >= 0.3 is 7.12 Å². The Morgan fingerprint density at radius 2 is 1.88 bits per heavy atom. The largest absolute Gasteiger partial charge is 0.508 e. The van der Waals surface area contributed by atoms with Crippen LogP contribution in [0.15, 0.2) is 59.6 Å². The number of aromatic hydroxyl groups is 1. The van der Waals surface area contributed by atoms with Crippen LogP contribution in [0, 0.1) is 17.8 Å². The molecule has 3 aliphatic rings. The van der Waals surface area contributed by atoms with E-state index in [1.165, 1.54) is 17.0 Å². The fourth-order valence-electron chi connectivity index (χ4n) is 5.56. The van der Waals surface area contributed by atoms with Crippen molar-refractivity contribution in [2.45, 2.75) is 32.3 Å². The number of fused-ring (bicyclic) bond motifs is 3. The molecule has 32 heavy (non-hydrogen) atoms. The number of phenolic OH excluding ortho intramolecular Hbond substituents is 1. The van der Waals surface area contributed by atoms with E-state index in [1.807, 2.05) is 13.0 Å². The third-order valence-corrected chi connectivity index (χ3v) is 7.31. The number of rotatable bonds is 3. The zero-order valence-corrected chi connectivity index (χ0v) is 18.3. The first-order valence-corrected chi connectivity index (χ1v) is 11.2. The topological polar surface area (TPSA) is 87.1 Å². The highest BCUT2D eigenvalue weighted by atomic mass is 35.5. The number of halogens is 1. The highest BCUT2D eigenvalue weighted by Crippen LogP contribution is 2.53. The molecule has 2 N–H and O–H groups in total. The van der Waals surface area contributed by atoms with Crippen molar-refractivity contribution >= 4 is 36.2 Å². The van der Waals surface area contributed by atoms with Crippen LogP contribution in [0.4, 0.5) is 5.69 Å². The molecule has 0 bridgehead atoms. The van der Waals surface area contributed by atoms with Crippen LogP contribution in [0.5, 0.6) is 5.75 Å². The Labute approximate surface area is 191 Å². The van der Waals surface area contributed by atoms with E-state index in [4.69, 9.17) is 16.3 Å². The molecule has 2 amide bonds. The van der Waals surface area contributed by atoms with Gasteiger partial charge in [-0.3, -0.25) is 14.5 Å². The van der Waals surface area contributed by atoms with Crippen LogP contribution in [0.2, 0.25) is 5.02 Å². The Morgan fingerprint density at radius 3 is 2.56 bits per heavy atom. The molecule has 0 radical (unpaired) electrons. The van der Waals surface area contributed by atoms with Crippen LogP contribution >= 0.6 is 11.6 Å². The van der Waals surface area contributed by atoms with Crippen LogP contribution in [0.1, 0.15) is 37.9 Å². The Kier molecular flexibility index (Phi) is 5.36. The lowest BCUT2D eigenvalue weighted by Crippen LogP contribution is -2.44. The summed E-state index contributed by atoms with van der Waals surface area (Å²) in [6, 6.07) is 13.6. The summed E-state index contributed by atoms with van der Waals surface area (Å²) in [7, 11) is -1.17. The normalized spacial score (nSPS) is 27.6. The monoisotopic (exact) mass is 451 g/mol. The van der Waals surface area contributed by atoms with Crippen LogP contribution in [-0.2, 0) is 14.2 Å². The first-order valence-electron chi connectivity index (χ1n) is 10.9. The number of imide groups is 1. The van der Waals surface area contributed by atoms with Gasteiger partial charge in [0.1, 0.15) is 5.75 Å². The lowest BCUT2D eigenvalue weighted by Gasteiger charge is -2.42. The van der Waals surface area contributed by atoms with Gasteiger partial charge in [0.05, 0.1) is 23.6 Å². The van der Waals surface area contributed by atoms with Crippen molar-refractivity contribution in [2.75, 3.05) is 4.90 Å². The van der Waals surface area contributed by atoms with Crippen molar-refractivity contribution in [3.05, 3.63) is 70.2 Å². The third kappa shape index (κ3) is 3.27. The van der Waals surface area contributed by atoms with E-state index in [2.05, 4.69) is 0 Å². The minimum absolute atomic E-state index is 0.0387. The number of carbonyl (C=O) groups excluding carboxylic acids is 2. The highest BCUT2D eigenvalue weighted by Gasteiger charge is 2.58. The molecule has 1 aliphatic carbocycles. The molecule has 6 nitrogen and oxygen atoms in total. The van der Waals surface area contributed by atoms with Crippen molar-refractivity contribution in [1.29, 1.82) is 0 Å². The quantitative estimate of drug-likeness (QED) is 0.543. The van der Waals surface area contributed by atoms with Crippen molar-refractivity contribution in [2.24, 2.45) is 17.8 Å². The Morgan fingerprint density at radius 1 is 1.12 bits per heavy atom. The van der Waals surface area contributed by atoms with Gasteiger partial charge in [-0.1, -0.05) is 48.4 Å². The maximum atomic E-state index is 13.6. The molecule has 164 valence electrons. The summed E-state index contributed by atoms with van der Waals surface area (Å²) in [6.07, 6.45) is 0.986. The Balaban J connectivity index is 1.55. The van der Waals surface area contributed by atoms with Gasteiger partial charge in [0.2, 0.25) is 11.8 Å². The van der Waals surface area contributed by atoms with Gasteiger partial charge in [0, 0.05) is 5.02 Å². The van der Waals surface area contributed by atoms with E-state index in [0.717, 1.165) is 11.0 Å². The summed E-state index contributed by atoms with van der Waals surface area (Å²) < 4.78 is 5.94. The van der Waals surface area contributed by atoms with E-state index in [1.54, 1.807) is 30.3 Å². The molecule has 2 aromatic carbocycles. The third-order valence-electron chi connectivity index (χ3n) is 6.98. The molecule has 2 saturated heterocycles. The Bertz CT molecular complexity index is 1120. The zero-order chi connectivity index (χ0) is 22.6. The molecule has 2 aromatic rings. The fourth-order valence-corrected chi connectivity index (χ4v) is 5.86. The summed E-state index contributed by atoms with van der Waals surface area (Å²) in [4.78, 5) is 28.2. The van der Waals surface area contributed by atoms with Crippen molar-refractivity contribution < 1.29 is 24.4 Å². The number of hydrogen-bond acceptors (Lipinski definition) is 5. The smallest absolute Gasteiger partial charge is 0.487 e. The molecule has 8 heteroatoms. The van der Waals surface area contributed by atoms with Crippen LogP contribution in [0.3, 0.4) is 0 Å². The Hall–Kier alpha value is -2.61. The maximum absolute atomic E-state index is 13.6. The lowest BCUT2D eigenvalue weighted by molar-refractivity contribution is -0.123. The number of nitrogens with zero attached hydrogens (tertiary/aromatic N) is 1. The number of anilines is 1. The number of para-hydroxylation sites is 1. The van der Waals surface area contributed by atoms with Gasteiger partial charge in [-0.2, -0.15) is 0 Å². The number of carbonyl (C=O) groups is 2. The number of allylic oxidation sites excluding steroid dienone is 2. The van der Waals surface area contributed by atoms with E-state index in [-0.39, 0.29) is 23.5 Å². The first-order chi connectivity index (χ1) is 15.4. The average molecular weight is 452 g/mol. The average Bonchev–Trinajstić information content (AvgIpc) is 3.03. The molecule has 2 aliphatic heterocycles. The molecule has 0 spiro atoms. The van der Waals surface area contributed by atoms with Crippen LogP contribution in [-0.4, -0.2) is 29.1 Å². The van der Waals surface area contributed by atoms with E-state index >= 15 is 0 Å². The van der Waals surface area contributed by atoms with E-state index in [9.17, 15) is 19.7 Å². The lowest BCUT2D eigenvalue weighted by atomic mass is 9.55. The second kappa shape index (κ2) is 8.07. The SMILES string of the molecule is CCC1=C2B(O)O[C@H](c3ccc(O)cc3Cl)C[C@H]2[C@H]2C(=O)N(c3ccccc3)C(=O)[C@H]2C1. The van der Waals surface area contributed by atoms with E-state index in [0.29, 0.717) is 35.5 Å². The summed E-state index contributed by atoms with van der Waals surface area (Å²) in [5.74, 6) is -1.70. The molecular weight excluding hydrogens is 429 g/mol. The molecule has 4 atom stereocenters. The second-order valence-corrected chi connectivity index (χ2v) is 9.03. The first kappa shape index (κ1) is 21.3. The predicted molar refractivity (Wildman–Crippen MR) is 121 cm³/mol. The van der Waals surface area contributed by atoms with Crippen LogP contribution < -0.4 is 4.90 Å². The number of phenols is 1. The summed E-state index contributed by atoms with van der Waals surface area (Å²) in [6.45, 7) is 1.99. The standard InChI is InChI=1S/C24H23BClNO5/c1-2-13-10-18-21(24(30)27(23(18)29)14-6-4-3-5-7-14)17-12-20(32-25(31)22(13)17)16-9-8-15(28)11-19(16)26/h3-9,11,17-18,20-21,28,31H,2,10,12H2,1H3/t17-,18-,20-,21+/m0/s1. The van der Waals surface area contributed by atoms with E-state index < -0.39 is 25.1 Å². The maximum Gasteiger partial charge on any atom is 0.487 e. The zero-order valence-electron chi connectivity index (χ0n) is 17.6. The molecule has 5 rings (SSSR count). The molecule has 0 unspecified atom stereocenters. The molecule has 0 aromatic heterocycles. The summed E-state index contributed by atoms with van der Waals surface area (Å²) >= 11 is 6.35. The number of hydrogen-bond donors (Lipinski definition) is 2. The molecular formula is C24H23BClNO5. The number of benzene rings is 2. The van der Waals surface area contributed by atoms with Gasteiger partial charge in [-0.25, -0.2) is 0 Å². The summed E-state index contributed by atoms with van der Waals surface area (Å²) in [5.41, 5.74) is 2.92. The second-order valence-electron chi connectivity index (χ2n) is 8.62. The highest BCUT2D eigenvalue weighted by molar-refractivity contribution is 6.53. The molecule has 2 fully saturated rings.